The standard InChI is InChI=1S/C31H38FN5O4/c1-35-15-17-37(18-16-35)31(39)20-26(34-30(38)10-4-24-19-23(21-33)3-9-29(24)40-2)22-36-13-11-28(12-14-36)41-27-7-5-25(32)6-8-27/h3-10,19,26,28H,11-18,20,22H2,1-2H3,(H,34,38)/b10-4+/t26-/m1/s1. The van der Waals surface area contributed by atoms with Crippen LogP contribution in [0.4, 0.5) is 4.39 Å². The molecular formula is C31H38FN5O4. The molecule has 0 saturated carbocycles. The van der Waals surface area contributed by atoms with E-state index in [9.17, 15) is 19.2 Å². The molecule has 2 fully saturated rings. The van der Waals surface area contributed by atoms with Gasteiger partial charge in [-0.2, -0.15) is 5.26 Å². The summed E-state index contributed by atoms with van der Waals surface area (Å²) in [5.74, 6) is 0.624. The van der Waals surface area contributed by atoms with Gasteiger partial charge in [-0.05, 0) is 68.4 Å². The van der Waals surface area contributed by atoms with E-state index < -0.39 is 0 Å². The van der Waals surface area contributed by atoms with E-state index in [0.29, 0.717) is 42.3 Å². The molecule has 0 bridgehead atoms. The van der Waals surface area contributed by atoms with Crippen LogP contribution in [0.3, 0.4) is 0 Å². The minimum atomic E-state index is -0.374. The Balaban J connectivity index is 1.37. The van der Waals surface area contributed by atoms with Crippen LogP contribution in [0.5, 0.6) is 11.5 Å². The van der Waals surface area contributed by atoms with Gasteiger partial charge in [0.2, 0.25) is 11.8 Å². The second kappa shape index (κ2) is 14.6. The van der Waals surface area contributed by atoms with Gasteiger partial charge >= 0.3 is 0 Å². The number of rotatable bonds is 10. The van der Waals surface area contributed by atoms with Crippen molar-refractivity contribution in [1.29, 1.82) is 5.26 Å². The first-order valence-electron chi connectivity index (χ1n) is 14.0. The van der Waals surface area contributed by atoms with Crippen LogP contribution in [-0.4, -0.2) is 98.6 Å². The first-order chi connectivity index (χ1) is 19.8. The van der Waals surface area contributed by atoms with E-state index in [0.717, 1.165) is 39.0 Å². The summed E-state index contributed by atoms with van der Waals surface area (Å²) in [7, 11) is 3.58. The number of piperidine rings is 1. The minimum Gasteiger partial charge on any atom is -0.496 e. The molecule has 0 aromatic heterocycles. The monoisotopic (exact) mass is 563 g/mol. The van der Waals surface area contributed by atoms with Gasteiger partial charge < -0.3 is 29.5 Å². The topological polar surface area (TPSA) is 98.1 Å². The molecule has 218 valence electrons. The first-order valence-corrected chi connectivity index (χ1v) is 14.0. The molecule has 10 heteroatoms. The number of halogens is 1. The van der Waals surface area contributed by atoms with Gasteiger partial charge in [0.05, 0.1) is 24.8 Å². The maximum Gasteiger partial charge on any atom is 0.244 e. The Kier molecular flexibility index (Phi) is 10.7. The Morgan fingerprint density at radius 2 is 1.80 bits per heavy atom. The summed E-state index contributed by atoms with van der Waals surface area (Å²) in [6, 6.07) is 12.8. The van der Waals surface area contributed by atoms with Crippen LogP contribution >= 0.6 is 0 Å². The molecule has 4 rings (SSSR count). The van der Waals surface area contributed by atoms with E-state index in [1.807, 2.05) is 11.9 Å². The van der Waals surface area contributed by atoms with E-state index >= 15 is 0 Å². The van der Waals surface area contributed by atoms with Crippen molar-refractivity contribution in [3.8, 4) is 17.6 Å². The Hall–Kier alpha value is -3.94. The number of hydrogen-bond donors (Lipinski definition) is 1. The molecular weight excluding hydrogens is 525 g/mol. The van der Waals surface area contributed by atoms with Crippen molar-refractivity contribution < 1.29 is 23.5 Å². The largest absolute Gasteiger partial charge is 0.496 e. The van der Waals surface area contributed by atoms with Crippen LogP contribution in [0.2, 0.25) is 0 Å². The fraction of sp³-hybridized carbons (Fsp3) is 0.452. The molecule has 1 atom stereocenters. The fourth-order valence-electron chi connectivity index (χ4n) is 5.13. The van der Waals surface area contributed by atoms with Crippen LogP contribution in [0.1, 0.15) is 30.4 Å². The zero-order valence-electron chi connectivity index (χ0n) is 23.7. The summed E-state index contributed by atoms with van der Waals surface area (Å²) < 4.78 is 24.6. The lowest BCUT2D eigenvalue weighted by Gasteiger charge is -2.36. The van der Waals surface area contributed by atoms with Crippen molar-refractivity contribution in [2.24, 2.45) is 0 Å². The molecule has 41 heavy (non-hydrogen) atoms. The van der Waals surface area contributed by atoms with Gasteiger partial charge in [-0.25, -0.2) is 4.39 Å². The summed E-state index contributed by atoms with van der Waals surface area (Å²) in [4.78, 5) is 32.5. The molecule has 2 aromatic rings. The Morgan fingerprint density at radius 3 is 2.46 bits per heavy atom. The maximum absolute atomic E-state index is 13.2. The molecule has 2 aliphatic rings. The lowest BCUT2D eigenvalue weighted by atomic mass is 10.1. The van der Waals surface area contributed by atoms with Crippen LogP contribution in [0, 0.1) is 17.1 Å². The van der Waals surface area contributed by atoms with Gasteiger partial charge in [0, 0.05) is 63.9 Å². The lowest BCUT2D eigenvalue weighted by molar-refractivity contribution is -0.133. The van der Waals surface area contributed by atoms with Crippen molar-refractivity contribution in [1.82, 2.24) is 20.0 Å². The summed E-state index contributed by atoms with van der Waals surface area (Å²) >= 11 is 0. The highest BCUT2D eigenvalue weighted by atomic mass is 19.1. The quantitative estimate of drug-likeness (QED) is 0.444. The van der Waals surface area contributed by atoms with Crippen molar-refractivity contribution in [2.75, 3.05) is 60.0 Å². The van der Waals surface area contributed by atoms with Crippen molar-refractivity contribution in [2.45, 2.75) is 31.4 Å². The third kappa shape index (κ3) is 9.03. The van der Waals surface area contributed by atoms with Gasteiger partial charge in [-0.1, -0.05) is 0 Å². The molecule has 2 heterocycles. The van der Waals surface area contributed by atoms with Gasteiger partial charge in [0.25, 0.3) is 0 Å². The molecule has 2 saturated heterocycles. The second-order valence-electron chi connectivity index (χ2n) is 10.6. The normalized spacial score (nSPS) is 17.7. The number of benzene rings is 2. The predicted molar refractivity (Wildman–Crippen MR) is 154 cm³/mol. The lowest BCUT2D eigenvalue weighted by Crippen LogP contribution is -2.51. The SMILES string of the molecule is COc1ccc(C#N)cc1/C=C/C(=O)N[C@H](CC(=O)N1CCN(C)CC1)CN1CCC(Oc2ccc(F)cc2)CC1. The predicted octanol–water partition coefficient (Wildman–Crippen LogP) is 2.91. The van der Waals surface area contributed by atoms with Crippen LogP contribution < -0.4 is 14.8 Å². The van der Waals surface area contributed by atoms with Crippen LogP contribution in [-0.2, 0) is 9.59 Å². The number of likely N-dealkylation sites (N-methyl/N-ethyl adjacent to an activating group) is 1. The molecule has 2 aliphatic heterocycles. The van der Waals surface area contributed by atoms with Gasteiger partial charge in [-0.3, -0.25) is 9.59 Å². The Morgan fingerprint density at radius 1 is 1.10 bits per heavy atom. The molecule has 1 N–H and O–H groups in total. The fourth-order valence-corrected chi connectivity index (χ4v) is 5.13. The number of likely N-dealkylation sites (tertiary alicyclic amines) is 1. The molecule has 2 aromatic carbocycles. The number of ether oxygens (including phenoxy) is 2. The Labute approximate surface area is 241 Å². The highest BCUT2D eigenvalue weighted by Gasteiger charge is 2.27. The van der Waals surface area contributed by atoms with Gasteiger partial charge in [-0.15, -0.1) is 0 Å². The zero-order chi connectivity index (χ0) is 29.2. The average molecular weight is 564 g/mol. The summed E-state index contributed by atoms with van der Waals surface area (Å²) in [6.45, 7) is 5.07. The van der Waals surface area contributed by atoms with Crippen LogP contribution in [0.15, 0.2) is 48.5 Å². The molecule has 2 amide bonds. The number of nitriles is 1. The maximum atomic E-state index is 13.2. The smallest absolute Gasteiger partial charge is 0.244 e. The third-order valence-electron chi connectivity index (χ3n) is 7.53. The number of nitrogens with zero attached hydrogens (tertiary/aromatic N) is 4. The summed E-state index contributed by atoms with van der Waals surface area (Å²) in [6.07, 6.45) is 4.85. The Bertz CT molecular complexity index is 1250. The highest BCUT2D eigenvalue weighted by Crippen LogP contribution is 2.22. The van der Waals surface area contributed by atoms with Gasteiger partial charge in [0.15, 0.2) is 0 Å². The molecule has 0 aliphatic carbocycles. The number of amides is 2. The number of carbonyl (C=O) groups is 2. The number of hydrogen-bond acceptors (Lipinski definition) is 7. The molecule has 0 radical (unpaired) electrons. The summed E-state index contributed by atoms with van der Waals surface area (Å²) in [5.41, 5.74) is 1.09. The van der Waals surface area contributed by atoms with Crippen molar-refractivity contribution in [3.05, 3.63) is 65.5 Å². The highest BCUT2D eigenvalue weighted by molar-refractivity contribution is 5.92. The first kappa shape index (κ1) is 30.0. The third-order valence-corrected chi connectivity index (χ3v) is 7.53. The van der Waals surface area contributed by atoms with Crippen molar-refractivity contribution >= 4 is 17.9 Å². The molecule has 9 nitrogen and oxygen atoms in total. The summed E-state index contributed by atoms with van der Waals surface area (Å²) in [5, 5.41) is 12.3. The second-order valence-corrected chi connectivity index (χ2v) is 10.6. The number of carbonyl (C=O) groups excluding carboxylic acids is 2. The van der Waals surface area contributed by atoms with Crippen LogP contribution in [0.25, 0.3) is 6.08 Å². The number of methoxy groups -OCH3 is 1. The molecule has 0 unspecified atom stereocenters. The van der Waals surface area contributed by atoms with Crippen molar-refractivity contribution in [3.63, 3.8) is 0 Å². The zero-order valence-corrected chi connectivity index (χ0v) is 23.7. The number of piperazine rings is 1. The number of nitrogens with one attached hydrogen (secondary N) is 1. The van der Waals surface area contributed by atoms with E-state index in [-0.39, 0.29) is 36.2 Å². The van der Waals surface area contributed by atoms with E-state index in [4.69, 9.17) is 9.47 Å². The molecule has 0 spiro atoms. The van der Waals surface area contributed by atoms with E-state index in [2.05, 4.69) is 21.2 Å². The van der Waals surface area contributed by atoms with Gasteiger partial charge in [0.1, 0.15) is 23.4 Å². The minimum absolute atomic E-state index is 0.0267. The van der Waals surface area contributed by atoms with E-state index in [1.54, 1.807) is 36.4 Å². The van der Waals surface area contributed by atoms with E-state index in [1.165, 1.54) is 25.3 Å². The average Bonchev–Trinajstić information content (AvgIpc) is 2.98.